The van der Waals surface area contributed by atoms with Crippen molar-refractivity contribution in [2.75, 3.05) is 6.61 Å². The smallest absolute Gasteiger partial charge is 0.0585 e. The van der Waals surface area contributed by atoms with Crippen molar-refractivity contribution in [2.45, 2.75) is 12.5 Å². The second-order valence-electron chi connectivity index (χ2n) is 2.99. The maximum atomic E-state index is 8.67. The van der Waals surface area contributed by atoms with E-state index in [1.807, 2.05) is 42.5 Å². The van der Waals surface area contributed by atoms with Crippen molar-refractivity contribution in [3.05, 3.63) is 42.0 Å². The zero-order valence-electron chi connectivity index (χ0n) is 7.56. The summed E-state index contributed by atoms with van der Waals surface area (Å²) < 4.78 is 0. The second kappa shape index (κ2) is 5.51. The minimum absolute atomic E-state index is 0.0408. The Bertz CT molecular complexity index is 256. The first-order valence-corrected chi connectivity index (χ1v) is 4.41. The summed E-state index contributed by atoms with van der Waals surface area (Å²) in [5.74, 6) is 0. The molecule has 1 unspecified atom stereocenters. The lowest BCUT2D eigenvalue weighted by Gasteiger charge is -2.01. The van der Waals surface area contributed by atoms with Crippen LogP contribution in [0.15, 0.2) is 36.4 Å². The Morgan fingerprint density at radius 2 is 2.00 bits per heavy atom. The van der Waals surface area contributed by atoms with E-state index < -0.39 is 0 Å². The number of hydrogen-bond donors (Lipinski definition) is 2. The largest absolute Gasteiger partial charge is 0.395 e. The third kappa shape index (κ3) is 3.87. The predicted octanol–water partition coefficient (Wildman–Crippen LogP) is 1.41. The summed E-state index contributed by atoms with van der Waals surface area (Å²) in [6.07, 6.45) is 4.71. The molecule has 1 aromatic rings. The highest BCUT2D eigenvalue weighted by Crippen LogP contribution is 2.02. The average Bonchev–Trinajstić information content (AvgIpc) is 2.19. The van der Waals surface area contributed by atoms with Gasteiger partial charge in [0.2, 0.25) is 0 Å². The zero-order chi connectivity index (χ0) is 9.52. The first kappa shape index (κ1) is 9.96. The van der Waals surface area contributed by atoms with Gasteiger partial charge in [-0.25, -0.2) is 0 Å². The fraction of sp³-hybridized carbons (Fsp3) is 0.273. The summed E-state index contributed by atoms with van der Waals surface area (Å²) in [6.45, 7) is 0.0408. The van der Waals surface area contributed by atoms with Gasteiger partial charge in [0, 0.05) is 6.04 Å². The van der Waals surface area contributed by atoms with E-state index in [9.17, 15) is 0 Å². The lowest BCUT2D eigenvalue weighted by Crippen LogP contribution is -2.22. The van der Waals surface area contributed by atoms with E-state index in [4.69, 9.17) is 10.8 Å². The number of aliphatic hydroxyl groups is 1. The van der Waals surface area contributed by atoms with Gasteiger partial charge >= 0.3 is 0 Å². The molecule has 0 heterocycles. The Hall–Kier alpha value is -1.12. The van der Waals surface area contributed by atoms with Crippen LogP contribution in [0, 0.1) is 0 Å². The van der Waals surface area contributed by atoms with Crippen LogP contribution in [0.1, 0.15) is 12.0 Å². The Morgan fingerprint density at radius 1 is 1.31 bits per heavy atom. The standard InChI is InChI=1S/C11H15NO/c12-11(9-13)8-4-7-10-5-2-1-3-6-10/h1-7,11,13H,8-9,12H2. The monoisotopic (exact) mass is 177 g/mol. The van der Waals surface area contributed by atoms with Gasteiger partial charge in [0.1, 0.15) is 0 Å². The molecule has 2 heteroatoms. The van der Waals surface area contributed by atoms with Gasteiger partial charge in [-0.1, -0.05) is 42.5 Å². The van der Waals surface area contributed by atoms with Gasteiger partial charge in [0.15, 0.2) is 0 Å². The number of rotatable bonds is 4. The molecule has 0 aliphatic heterocycles. The average molecular weight is 177 g/mol. The maximum absolute atomic E-state index is 8.67. The minimum atomic E-state index is -0.139. The maximum Gasteiger partial charge on any atom is 0.0585 e. The SMILES string of the molecule is NC(CO)CC=Cc1ccccc1. The van der Waals surface area contributed by atoms with Crippen LogP contribution >= 0.6 is 0 Å². The van der Waals surface area contributed by atoms with E-state index in [1.54, 1.807) is 0 Å². The van der Waals surface area contributed by atoms with Crippen molar-refractivity contribution in [3.8, 4) is 0 Å². The van der Waals surface area contributed by atoms with Crippen LogP contribution in [0.5, 0.6) is 0 Å². The summed E-state index contributed by atoms with van der Waals surface area (Å²) in [4.78, 5) is 0. The summed E-state index contributed by atoms with van der Waals surface area (Å²) in [6, 6.07) is 9.88. The molecule has 0 saturated carbocycles. The van der Waals surface area contributed by atoms with Crippen LogP contribution < -0.4 is 5.73 Å². The highest BCUT2D eigenvalue weighted by molar-refractivity contribution is 5.48. The summed E-state index contributed by atoms with van der Waals surface area (Å²) >= 11 is 0. The van der Waals surface area contributed by atoms with Crippen LogP contribution in [-0.2, 0) is 0 Å². The van der Waals surface area contributed by atoms with Crippen molar-refractivity contribution in [3.63, 3.8) is 0 Å². The molecule has 13 heavy (non-hydrogen) atoms. The van der Waals surface area contributed by atoms with Crippen molar-refractivity contribution < 1.29 is 5.11 Å². The van der Waals surface area contributed by atoms with Gasteiger partial charge in [0.05, 0.1) is 6.61 Å². The molecule has 2 nitrogen and oxygen atoms in total. The number of hydrogen-bond acceptors (Lipinski definition) is 2. The van der Waals surface area contributed by atoms with Crippen molar-refractivity contribution in [2.24, 2.45) is 5.73 Å². The molecular formula is C11H15NO. The molecule has 1 aromatic carbocycles. The Kier molecular flexibility index (Phi) is 4.23. The number of nitrogens with two attached hydrogens (primary N) is 1. The molecule has 1 atom stereocenters. The molecule has 0 bridgehead atoms. The van der Waals surface area contributed by atoms with E-state index in [0.29, 0.717) is 6.42 Å². The van der Waals surface area contributed by atoms with Gasteiger partial charge in [-0.2, -0.15) is 0 Å². The fourth-order valence-electron chi connectivity index (χ4n) is 1.02. The molecular weight excluding hydrogens is 162 g/mol. The van der Waals surface area contributed by atoms with Gasteiger partial charge in [-0.05, 0) is 12.0 Å². The van der Waals surface area contributed by atoms with Crippen LogP contribution in [0.25, 0.3) is 6.08 Å². The lowest BCUT2D eigenvalue weighted by atomic mass is 10.1. The number of benzene rings is 1. The van der Waals surface area contributed by atoms with E-state index in [-0.39, 0.29) is 12.6 Å². The Labute approximate surface area is 78.7 Å². The highest BCUT2D eigenvalue weighted by atomic mass is 16.3. The van der Waals surface area contributed by atoms with Crippen molar-refractivity contribution in [1.82, 2.24) is 0 Å². The van der Waals surface area contributed by atoms with Gasteiger partial charge in [0.25, 0.3) is 0 Å². The Morgan fingerprint density at radius 3 is 2.62 bits per heavy atom. The normalized spacial score (nSPS) is 13.4. The molecule has 0 radical (unpaired) electrons. The summed E-state index contributed by atoms with van der Waals surface area (Å²) in [5, 5.41) is 8.67. The fourth-order valence-corrected chi connectivity index (χ4v) is 1.02. The van der Waals surface area contributed by atoms with Crippen LogP contribution in [0.2, 0.25) is 0 Å². The molecule has 0 spiro atoms. The molecule has 70 valence electrons. The lowest BCUT2D eigenvalue weighted by molar-refractivity contribution is 0.267. The van der Waals surface area contributed by atoms with E-state index in [0.717, 1.165) is 5.56 Å². The molecule has 1 rings (SSSR count). The van der Waals surface area contributed by atoms with Crippen molar-refractivity contribution in [1.29, 1.82) is 0 Å². The minimum Gasteiger partial charge on any atom is -0.395 e. The van der Waals surface area contributed by atoms with Crippen LogP contribution in [-0.4, -0.2) is 17.8 Å². The van der Waals surface area contributed by atoms with Crippen LogP contribution in [0.4, 0.5) is 0 Å². The molecule has 0 amide bonds. The molecule has 0 saturated heterocycles. The zero-order valence-corrected chi connectivity index (χ0v) is 7.56. The second-order valence-corrected chi connectivity index (χ2v) is 2.99. The topological polar surface area (TPSA) is 46.2 Å². The van der Waals surface area contributed by atoms with E-state index in [1.165, 1.54) is 0 Å². The predicted molar refractivity (Wildman–Crippen MR) is 55.2 cm³/mol. The number of aliphatic hydroxyl groups excluding tert-OH is 1. The summed E-state index contributed by atoms with van der Waals surface area (Å²) in [7, 11) is 0. The third-order valence-electron chi connectivity index (χ3n) is 1.78. The van der Waals surface area contributed by atoms with Gasteiger partial charge in [-0.3, -0.25) is 0 Å². The van der Waals surface area contributed by atoms with Gasteiger partial charge < -0.3 is 10.8 Å². The highest BCUT2D eigenvalue weighted by Gasteiger charge is 1.94. The quantitative estimate of drug-likeness (QED) is 0.730. The van der Waals surface area contributed by atoms with Crippen molar-refractivity contribution >= 4 is 6.08 Å². The molecule has 0 aliphatic rings. The molecule has 0 fully saturated rings. The molecule has 0 aliphatic carbocycles. The third-order valence-corrected chi connectivity index (χ3v) is 1.78. The molecule has 3 N–H and O–H groups in total. The Balaban J connectivity index is 2.41. The van der Waals surface area contributed by atoms with E-state index in [2.05, 4.69) is 0 Å². The molecule has 0 aromatic heterocycles. The first-order valence-electron chi connectivity index (χ1n) is 4.41. The van der Waals surface area contributed by atoms with Gasteiger partial charge in [-0.15, -0.1) is 0 Å². The first-order chi connectivity index (χ1) is 6.33. The van der Waals surface area contributed by atoms with E-state index >= 15 is 0 Å². The summed E-state index contributed by atoms with van der Waals surface area (Å²) in [5.41, 5.74) is 6.70. The van der Waals surface area contributed by atoms with Crippen LogP contribution in [0.3, 0.4) is 0 Å².